The number of ether oxygens (including phenoxy) is 2. The molecule has 1 aromatic heterocycles. The van der Waals surface area contributed by atoms with Crippen LogP contribution in [0.3, 0.4) is 0 Å². The van der Waals surface area contributed by atoms with Crippen LogP contribution in [-0.4, -0.2) is 63.7 Å². The highest BCUT2D eigenvalue weighted by molar-refractivity contribution is 6.32. The fraction of sp³-hybridized carbons (Fsp3) is 0.667. The Labute approximate surface area is 187 Å². The summed E-state index contributed by atoms with van der Waals surface area (Å²) in [5.74, 6) is -0.728. The van der Waals surface area contributed by atoms with Crippen LogP contribution in [0.5, 0.6) is 0 Å². The Morgan fingerprint density at radius 3 is 2.48 bits per heavy atom. The standard InChI is InChI=1S/C21H29ClN4O5/c1-5-30-17(28)14-11-23-18(24-16(14)22)26-12-15(27)25(19(29)31-20(2,3)4)13-21(26)9-7-6-8-10-21/h11H,5-10,12-13H2,1-4H3. The third-order valence-electron chi connectivity index (χ3n) is 5.48. The number of hydrogen-bond acceptors (Lipinski definition) is 8. The van der Waals surface area contributed by atoms with Crippen LogP contribution in [0.15, 0.2) is 6.20 Å². The molecular formula is C21H29ClN4O5. The van der Waals surface area contributed by atoms with Crippen molar-refractivity contribution < 1.29 is 23.9 Å². The molecular weight excluding hydrogens is 424 g/mol. The average molecular weight is 453 g/mol. The molecule has 31 heavy (non-hydrogen) atoms. The second-order valence-corrected chi connectivity index (χ2v) is 9.28. The van der Waals surface area contributed by atoms with Crippen LogP contribution in [0, 0.1) is 0 Å². The van der Waals surface area contributed by atoms with E-state index in [0.717, 1.165) is 32.1 Å². The zero-order valence-corrected chi connectivity index (χ0v) is 19.2. The van der Waals surface area contributed by atoms with E-state index in [9.17, 15) is 14.4 Å². The Hall–Kier alpha value is -2.42. The highest BCUT2D eigenvalue weighted by Crippen LogP contribution is 2.39. The number of halogens is 1. The number of imide groups is 1. The van der Waals surface area contributed by atoms with Crippen LogP contribution in [0.1, 0.15) is 70.2 Å². The van der Waals surface area contributed by atoms with Gasteiger partial charge in [0.05, 0.1) is 18.7 Å². The highest BCUT2D eigenvalue weighted by atomic mass is 35.5. The Morgan fingerprint density at radius 1 is 1.23 bits per heavy atom. The van der Waals surface area contributed by atoms with Gasteiger partial charge < -0.3 is 14.4 Å². The molecule has 0 bridgehead atoms. The molecule has 2 aliphatic rings. The van der Waals surface area contributed by atoms with E-state index in [1.54, 1.807) is 27.7 Å². The van der Waals surface area contributed by atoms with Crippen LogP contribution in [-0.2, 0) is 14.3 Å². The summed E-state index contributed by atoms with van der Waals surface area (Å²) in [5.41, 5.74) is -1.13. The van der Waals surface area contributed by atoms with Crippen molar-refractivity contribution in [3.63, 3.8) is 0 Å². The van der Waals surface area contributed by atoms with E-state index in [1.165, 1.54) is 11.1 Å². The SMILES string of the molecule is CCOC(=O)c1cnc(N2CC(=O)N(C(=O)OC(C)(C)C)CC23CCCCC3)nc1Cl. The molecule has 1 aromatic rings. The lowest BCUT2D eigenvalue weighted by Gasteiger charge is -2.51. The molecule has 1 saturated heterocycles. The summed E-state index contributed by atoms with van der Waals surface area (Å²) < 4.78 is 10.4. The van der Waals surface area contributed by atoms with Gasteiger partial charge in [0.1, 0.15) is 22.9 Å². The second kappa shape index (κ2) is 8.98. The maximum Gasteiger partial charge on any atom is 0.417 e. The summed E-state index contributed by atoms with van der Waals surface area (Å²) in [7, 11) is 0. The molecule has 1 aliphatic carbocycles. The fourth-order valence-electron chi connectivity index (χ4n) is 4.09. The van der Waals surface area contributed by atoms with Crippen LogP contribution in [0.2, 0.25) is 5.15 Å². The van der Waals surface area contributed by atoms with Gasteiger partial charge in [-0.15, -0.1) is 0 Å². The van der Waals surface area contributed by atoms with E-state index >= 15 is 0 Å². The summed E-state index contributed by atoms with van der Waals surface area (Å²) in [5, 5.41) is -0.0311. The first kappa shape index (κ1) is 23.2. The largest absolute Gasteiger partial charge is 0.462 e. The first-order valence-corrected chi connectivity index (χ1v) is 10.9. The number of amides is 2. The molecule has 0 N–H and O–H groups in total. The molecule has 1 aliphatic heterocycles. The zero-order chi connectivity index (χ0) is 22.8. The number of hydrogen-bond donors (Lipinski definition) is 0. The van der Waals surface area contributed by atoms with Crippen LogP contribution in [0.25, 0.3) is 0 Å². The molecule has 1 spiro atoms. The Morgan fingerprint density at radius 2 is 1.90 bits per heavy atom. The lowest BCUT2D eigenvalue weighted by molar-refractivity contribution is -0.132. The molecule has 0 aromatic carbocycles. The van der Waals surface area contributed by atoms with Crippen molar-refractivity contribution in [2.24, 2.45) is 0 Å². The van der Waals surface area contributed by atoms with E-state index in [4.69, 9.17) is 21.1 Å². The molecule has 0 atom stereocenters. The summed E-state index contributed by atoms with van der Waals surface area (Å²) in [6.07, 6.45) is 5.24. The lowest BCUT2D eigenvalue weighted by Crippen LogP contribution is -2.67. The van der Waals surface area contributed by atoms with Crippen molar-refractivity contribution in [3.8, 4) is 0 Å². The fourth-order valence-corrected chi connectivity index (χ4v) is 4.29. The van der Waals surface area contributed by atoms with Gasteiger partial charge in [-0.25, -0.2) is 24.5 Å². The van der Waals surface area contributed by atoms with Crippen molar-refractivity contribution in [2.45, 2.75) is 70.9 Å². The van der Waals surface area contributed by atoms with Crippen molar-refractivity contribution in [3.05, 3.63) is 16.9 Å². The van der Waals surface area contributed by atoms with Gasteiger partial charge in [-0.3, -0.25) is 4.79 Å². The van der Waals surface area contributed by atoms with E-state index in [-0.39, 0.29) is 42.3 Å². The predicted octanol–water partition coefficient (Wildman–Crippen LogP) is 3.59. The number of carbonyl (C=O) groups excluding carboxylic acids is 3. The Balaban J connectivity index is 1.91. The second-order valence-electron chi connectivity index (χ2n) is 8.93. The van der Waals surface area contributed by atoms with Gasteiger partial charge in [-0.1, -0.05) is 30.9 Å². The van der Waals surface area contributed by atoms with E-state index in [2.05, 4.69) is 9.97 Å². The molecule has 170 valence electrons. The third-order valence-corrected chi connectivity index (χ3v) is 5.77. The maximum atomic E-state index is 12.9. The maximum absolute atomic E-state index is 12.9. The summed E-state index contributed by atoms with van der Waals surface area (Å²) >= 11 is 6.25. The molecule has 0 radical (unpaired) electrons. The highest BCUT2D eigenvalue weighted by Gasteiger charge is 2.49. The topological polar surface area (TPSA) is 102 Å². The van der Waals surface area contributed by atoms with Crippen LogP contribution < -0.4 is 4.90 Å². The predicted molar refractivity (Wildman–Crippen MR) is 114 cm³/mol. The summed E-state index contributed by atoms with van der Waals surface area (Å²) in [4.78, 5) is 49.3. The van der Waals surface area contributed by atoms with E-state index in [0.29, 0.717) is 0 Å². The molecule has 3 rings (SSSR count). The molecule has 2 heterocycles. The third kappa shape index (κ3) is 5.08. The van der Waals surface area contributed by atoms with Crippen molar-refractivity contribution in [1.29, 1.82) is 0 Å². The van der Waals surface area contributed by atoms with Crippen LogP contribution in [0.4, 0.5) is 10.7 Å². The average Bonchev–Trinajstić information content (AvgIpc) is 2.69. The number of esters is 1. The van der Waals surface area contributed by atoms with Gasteiger partial charge >= 0.3 is 12.1 Å². The minimum atomic E-state index is -0.701. The minimum Gasteiger partial charge on any atom is -0.462 e. The van der Waals surface area contributed by atoms with Crippen LogP contribution >= 0.6 is 11.6 Å². The van der Waals surface area contributed by atoms with Crippen molar-refractivity contribution >= 4 is 35.5 Å². The van der Waals surface area contributed by atoms with Crippen molar-refractivity contribution in [2.75, 3.05) is 24.6 Å². The smallest absolute Gasteiger partial charge is 0.417 e. The minimum absolute atomic E-state index is 0.0311. The zero-order valence-electron chi connectivity index (χ0n) is 18.4. The number of piperazine rings is 1. The van der Waals surface area contributed by atoms with Gasteiger partial charge in [-0.2, -0.15) is 0 Å². The monoisotopic (exact) mass is 452 g/mol. The first-order valence-electron chi connectivity index (χ1n) is 10.6. The molecule has 1 saturated carbocycles. The molecule has 2 amide bonds. The van der Waals surface area contributed by atoms with E-state index in [1.807, 2.05) is 4.90 Å². The number of carbonyl (C=O) groups is 3. The number of aromatic nitrogens is 2. The summed E-state index contributed by atoms with van der Waals surface area (Å²) in [6, 6.07) is 0. The normalized spacial score (nSPS) is 18.8. The Bertz CT molecular complexity index is 864. The quantitative estimate of drug-likeness (QED) is 0.506. The van der Waals surface area contributed by atoms with E-state index < -0.39 is 23.2 Å². The number of anilines is 1. The first-order chi connectivity index (χ1) is 14.6. The van der Waals surface area contributed by atoms with Gasteiger partial charge in [0, 0.05) is 6.20 Å². The van der Waals surface area contributed by atoms with Gasteiger partial charge in [0.2, 0.25) is 5.95 Å². The number of rotatable bonds is 3. The van der Waals surface area contributed by atoms with Gasteiger partial charge in [0.15, 0.2) is 0 Å². The van der Waals surface area contributed by atoms with Gasteiger partial charge in [-0.05, 0) is 40.5 Å². The molecule has 10 heteroatoms. The summed E-state index contributed by atoms with van der Waals surface area (Å²) in [6.45, 7) is 7.33. The number of nitrogens with zero attached hydrogens (tertiary/aromatic N) is 4. The molecule has 0 unspecified atom stereocenters. The molecule has 9 nitrogen and oxygen atoms in total. The lowest BCUT2D eigenvalue weighted by atomic mass is 9.78. The molecule has 2 fully saturated rings. The van der Waals surface area contributed by atoms with Crippen molar-refractivity contribution in [1.82, 2.24) is 14.9 Å². The van der Waals surface area contributed by atoms with Gasteiger partial charge in [0.25, 0.3) is 5.91 Å². The Kier molecular flexibility index (Phi) is 6.73.